The number of hydrogen-bond acceptors (Lipinski definition) is 7. The van der Waals surface area contributed by atoms with Gasteiger partial charge in [-0.3, -0.25) is 4.79 Å². The molecule has 0 aliphatic carbocycles. The lowest BCUT2D eigenvalue weighted by Gasteiger charge is -2.29. The van der Waals surface area contributed by atoms with E-state index in [1.54, 1.807) is 29.2 Å². The van der Waals surface area contributed by atoms with Crippen LogP contribution in [0.3, 0.4) is 0 Å². The average Bonchev–Trinajstić information content (AvgIpc) is 3.70. The molecule has 2 aliphatic heterocycles. The number of nitriles is 1. The SMILES string of the molecule is Cc1ccc(CN(Cc2ccc3c(c2)OCO3)C(=O)CN(C[C@H]2CCCO2)C(=O)Nc2cccc(C#N)c2)o1. The second kappa shape index (κ2) is 11.9. The first-order valence-corrected chi connectivity index (χ1v) is 12.9. The molecule has 39 heavy (non-hydrogen) atoms. The highest BCUT2D eigenvalue weighted by atomic mass is 16.7. The number of carbonyl (C=O) groups is 2. The number of nitrogens with one attached hydrogen (secondary N) is 1. The van der Waals surface area contributed by atoms with Gasteiger partial charge in [0.05, 0.1) is 24.3 Å². The first-order chi connectivity index (χ1) is 19.0. The highest BCUT2D eigenvalue weighted by Crippen LogP contribution is 2.33. The molecule has 0 bridgehead atoms. The topological polar surface area (TPSA) is 117 Å². The average molecular weight is 531 g/mol. The van der Waals surface area contributed by atoms with Crippen molar-refractivity contribution < 1.29 is 28.2 Å². The molecule has 3 aromatic rings. The van der Waals surface area contributed by atoms with Gasteiger partial charge in [-0.15, -0.1) is 0 Å². The summed E-state index contributed by atoms with van der Waals surface area (Å²) in [6, 6.07) is 17.5. The predicted octanol–water partition coefficient (Wildman–Crippen LogP) is 4.43. The Morgan fingerprint density at radius 1 is 1.05 bits per heavy atom. The molecule has 0 saturated carbocycles. The number of anilines is 1. The number of nitrogens with zero attached hydrogens (tertiary/aromatic N) is 3. The van der Waals surface area contributed by atoms with Crippen molar-refractivity contribution in [2.24, 2.45) is 0 Å². The van der Waals surface area contributed by atoms with E-state index in [-0.39, 0.29) is 45.0 Å². The molecule has 202 valence electrons. The lowest BCUT2D eigenvalue weighted by molar-refractivity contribution is -0.133. The van der Waals surface area contributed by atoms with Gasteiger partial charge in [0.15, 0.2) is 11.5 Å². The Kier molecular flexibility index (Phi) is 7.99. The van der Waals surface area contributed by atoms with E-state index in [1.165, 1.54) is 4.90 Å². The Labute approximate surface area is 226 Å². The van der Waals surface area contributed by atoms with Crippen LogP contribution < -0.4 is 14.8 Å². The van der Waals surface area contributed by atoms with E-state index >= 15 is 0 Å². The molecule has 2 aromatic carbocycles. The number of aryl methyl sites for hydroxylation is 1. The quantitative estimate of drug-likeness (QED) is 0.435. The number of urea groups is 1. The number of carbonyl (C=O) groups excluding carboxylic acids is 2. The Bertz CT molecular complexity index is 1370. The number of rotatable bonds is 9. The summed E-state index contributed by atoms with van der Waals surface area (Å²) in [7, 11) is 0. The minimum atomic E-state index is -0.439. The standard InChI is InChI=1S/C29H30N4O6/c1-20-7-9-25(39-20)17-32(15-22-8-10-26-27(13-22)38-19-37-26)28(34)18-33(16-24-6-3-11-36-24)29(35)31-23-5-2-4-21(12-23)14-30/h2,4-5,7-10,12-13,24H,3,6,11,15-19H2,1H3,(H,31,35)/t24-/m1/s1. The molecule has 0 unspecified atom stereocenters. The lowest BCUT2D eigenvalue weighted by Crippen LogP contribution is -2.46. The minimum Gasteiger partial charge on any atom is -0.464 e. The number of fused-ring (bicyclic) bond motifs is 1. The van der Waals surface area contributed by atoms with Crippen LogP contribution in [0.4, 0.5) is 10.5 Å². The molecule has 1 saturated heterocycles. The van der Waals surface area contributed by atoms with Crippen molar-refractivity contribution >= 4 is 17.6 Å². The molecular formula is C29H30N4O6. The van der Waals surface area contributed by atoms with Gasteiger partial charge in [-0.05, 0) is 67.8 Å². The van der Waals surface area contributed by atoms with Crippen molar-refractivity contribution in [2.45, 2.75) is 39.0 Å². The van der Waals surface area contributed by atoms with Gasteiger partial charge in [0.25, 0.3) is 0 Å². The number of amides is 3. The fourth-order valence-corrected chi connectivity index (χ4v) is 4.64. The van der Waals surface area contributed by atoms with E-state index in [0.717, 1.165) is 24.2 Å². The van der Waals surface area contributed by atoms with Crippen molar-refractivity contribution in [3.63, 3.8) is 0 Å². The summed E-state index contributed by atoms with van der Waals surface area (Å²) in [5, 5.41) is 12.0. The molecule has 2 aliphatic rings. The van der Waals surface area contributed by atoms with Crippen molar-refractivity contribution in [3.8, 4) is 17.6 Å². The third kappa shape index (κ3) is 6.69. The van der Waals surface area contributed by atoms with Crippen molar-refractivity contribution in [2.75, 3.05) is 31.8 Å². The summed E-state index contributed by atoms with van der Waals surface area (Å²) >= 11 is 0. The maximum absolute atomic E-state index is 13.8. The largest absolute Gasteiger partial charge is 0.464 e. The van der Waals surface area contributed by atoms with Crippen LogP contribution in [-0.4, -0.2) is 54.3 Å². The van der Waals surface area contributed by atoms with Crippen LogP contribution in [0, 0.1) is 18.3 Å². The van der Waals surface area contributed by atoms with Gasteiger partial charge in [-0.2, -0.15) is 5.26 Å². The first-order valence-electron chi connectivity index (χ1n) is 12.9. The van der Waals surface area contributed by atoms with Crippen LogP contribution in [-0.2, 0) is 22.6 Å². The Hall–Kier alpha value is -4.49. The Morgan fingerprint density at radius 2 is 1.92 bits per heavy atom. The normalized spacial score (nSPS) is 15.5. The molecule has 10 heteroatoms. The zero-order valence-corrected chi connectivity index (χ0v) is 21.7. The zero-order chi connectivity index (χ0) is 27.2. The maximum atomic E-state index is 13.8. The predicted molar refractivity (Wildman–Crippen MR) is 141 cm³/mol. The van der Waals surface area contributed by atoms with Gasteiger partial charge in [0.2, 0.25) is 12.7 Å². The molecule has 3 amide bonds. The van der Waals surface area contributed by atoms with Crippen LogP contribution in [0.1, 0.15) is 35.5 Å². The number of ether oxygens (including phenoxy) is 3. The van der Waals surface area contributed by atoms with E-state index in [2.05, 4.69) is 11.4 Å². The minimum absolute atomic E-state index is 0.149. The summed E-state index contributed by atoms with van der Waals surface area (Å²) < 4.78 is 22.4. The second-order valence-corrected chi connectivity index (χ2v) is 9.59. The summed E-state index contributed by atoms with van der Waals surface area (Å²) in [5.41, 5.74) is 1.77. The summed E-state index contributed by atoms with van der Waals surface area (Å²) in [4.78, 5) is 30.2. The van der Waals surface area contributed by atoms with E-state index in [1.807, 2.05) is 37.3 Å². The molecule has 0 radical (unpaired) electrons. The molecule has 5 rings (SSSR count). The molecule has 10 nitrogen and oxygen atoms in total. The second-order valence-electron chi connectivity index (χ2n) is 9.59. The Balaban J connectivity index is 1.35. The van der Waals surface area contributed by atoms with Gasteiger partial charge < -0.3 is 33.7 Å². The number of hydrogen-bond donors (Lipinski definition) is 1. The smallest absolute Gasteiger partial charge is 0.322 e. The highest BCUT2D eigenvalue weighted by molar-refractivity contribution is 5.92. The van der Waals surface area contributed by atoms with Crippen LogP contribution in [0.15, 0.2) is 59.0 Å². The monoisotopic (exact) mass is 530 g/mol. The van der Waals surface area contributed by atoms with Crippen LogP contribution >= 0.6 is 0 Å². The Morgan fingerprint density at radius 3 is 2.69 bits per heavy atom. The van der Waals surface area contributed by atoms with Gasteiger partial charge in [0, 0.05) is 25.4 Å². The van der Waals surface area contributed by atoms with Crippen molar-refractivity contribution in [1.82, 2.24) is 9.80 Å². The van der Waals surface area contributed by atoms with E-state index < -0.39 is 6.03 Å². The van der Waals surface area contributed by atoms with E-state index in [0.29, 0.717) is 35.1 Å². The van der Waals surface area contributed by atoms with Crippen molar-refractivity contribution in [1.29, 1.82) is 5.26 Å². The zero-order valence-electron chi connectivity index (χ0n) is 21.7. The first kappa shape index (κ1) is 26.1. The van der Waals surface area contributed by atoms with E-state index in [4.69, 9.17) is 18.6 Å². The van der Waals surface area contributed by atoms with Crippen molar-refractivity contribution in [3.05, 3.63) is 77.2 Å². The summed E-state index contributed by atoms with van der Waals surface area (Å²) in [5.74, 6) is 2.44. The molecular weight excluding hydrogens is 500 g/mol. The molecule has 3 heterocycles. The van der Waals surface area contributed by atoms with Crippen LogP contribution in [0.2, 0.25) is 0 Å². The van der Waals surface area contributed by atoms with Gasteiger partial charge in [0.1, 0.15) is 18.1 Å². The van der Waals surface area contributed by atoms with Crippen LogP contribution in [0.25, 0.3) is 0 Å². The fraction of sp³-hybridized carbons (Fsp3) is 0.345. The fourth-order valence-electron chi connectivity index (χ4n) is 4.64. The number of benzene rings is 2. The van der Waals surface area contributed by atoms with E-state index in [9.17, 15) is 14.9 Å². The number of furan rings is 1. The third-order valence-electron chi connectivity index (χ3n) is 6.61. The molecule has 1 atom stereocenters. The molecule has 1 aromatic heterocycles. The molecule has 1 fully saturated rings. The molecule has 1 N–H and O–H groups in total. The van der Waals surface area contributed by atoms with Crippen LogP contribution in [0.5, 0.6) is 11.5 Å². The lowest BCUT2D eigenvalue weighted by atomic mass is 10.1. The third-order valence-corrected chi connectivity index (χ3v) is 6.61. The summed E-state index contributed by atoms with van der Waals surface area (Å²) in [6.45, 7) is 3.28. The van der Waals surface area contributed by atoms with Gasteiger partial charge in [-0.25, -0.2) is 4.79 Å². The maximum Gasteiger partial charge on any atom is 0.322 e. The summed E-state index contributed by atoms with van der Waals surface area (Å²) in [6.07, 6.45) is 1.57. The highest BCUT2D eigenvalue weighted by Gasteiger charge is 2.27. The van der Waals surface area contributed by atoms with Gasteiger partial charge in [-0.1, -0.05) is 12.1 Å². The molecule has 0 spiro atoms. The van der Waals surface area contributed by atoms with Gasteiger partial charge >= 0.3 is 6.03 Å².